The van der Waals surface area contributed by atoms with E-state index in [-0.39, 0.29) is 11.9 Å². The predicted octanol–water partition coefficient (Wildman–Crippen LogP) is 3.67. The van der Waals surface area contributed by atoms with Crippen molar-refractivity contribution in [2.45, 2.75) is 40.7 Å². The highest BCUT2D eigenvalue weighted by Gasteiger charge is 2.23. The van der Waals surface area contributed by atoms with Crippen LogP contribution in [-0.4, -0.2) is 36.1 Å². The van der Waals surface area contributed by atoms with Gasteiger partial charge in [-0.05, 0) is 44.4 Å². The molecule has 6 nitrogen and oxygen atoms in total. The van der Waals surface area contributed by atoms with Gasteiger partial charge in [0.1, 0.15) is 5.69 Å². The van der Waals surface area contributed by atoms with Crippen LogP contribution in [-0.2, 0) is 4.74 Å². The lowest BCUT2D eigenvalue weighted by Crippen LogP contribution is -2.40. The normalized spacial score (nSPS) is 11.9. The Kier molecular flexibility index (Phi) is 7.05. The number of amides is 1. The second kappa shape index (κ2) is 9.26. The fraction of sp³-hybridized carbons (Fsp3) is 0.429. The van der Waals surface area contributed by atoms with Crippen molar-refractivity contribution in [2.75, 3.05) is 18.5 Å². The number of hydrogen-bond acceptors (Lipinski definition) is 4. The van der Waals surface area contributed by atoms with Gasteiger partial charge in [-0.2, -0.15) is 0 Å². The number of aromatic nitrogens is 1. The summed E-state index contributed by atoms with van der Waals surface area (Å²) in [5.74, 6) is -0.313. The summed E-state index contributed by atoms with van der Waals surface area (Å²) in [5, 5.41) is 6.42. The van der Waals surface area contributed by atoms with Gasteiger partial charge < -0.3 is 20.4 Å². The van der Waals surface area contributed by atoms with E-state index in [2.05, 4.69) is 29.5 Å². The highest BCUT2D eigenvalue weighted by molar-refractivity contribution is 6.00. The smallest absolute Gasteiger partial charge is 0.340 e. The Morgan fingerprint density at radius 2 is 1.81 bits per heavy atom. The first-order valence-corrected chi connectivity index (χ1v) is 9.31. The summed E-state index contributed by atoms with van der Waals surface area (Å²) in [6.45, 7) is 10.3. The summed E-state index contributed by atoms with van der Waals surface area (Å²) < 4.78 is 5.08. The molecule has 2 aromatic rings. The predicted molar refractivity (Wildman–Crippen MR) is 107 cm³/mol. The molecule has 0 aliphatic heterocycles. The maximum absolute atomic E-state index is 12.7. The molecular formula is C21H29N3O3. The van der Waals surface area contributed by atoms with E-state index in [0.29, 0.717) is 41.6 Å². The van der Waals surface area contributed by atoms with Gasteiger partial charge in [0, 0.05) is 24.0 Å². The minimum Gasteiger partial charge on any atom is -0.462 e. The number of para-hydroxylation sites is 1. The van der Waals surface area contributed by atoms with Crippen molar-refractivity contribution < 1.29 is 14.3 Å². The number of rotatable bonds is 8. The van der Waals surface area contributed by atoms with Crippen molar-refractivity contribution in [1.29, 1.82) is 0 Å². The van der Waals surface area contributed by atoms with Gasteiger partial charge >= 0.3 is 5.97 Å². The number of nitrogens with one attached hydrogen (secondary N) is 3. The number of aryl methyl sites for hydroxylation is 1. The van der Waals surface area contributed by atoms with E-state index in [9.17, 15) is 9.59 Å². The van der Waals surface area contributed by atoms with Crippen molar-refractivity contribution in [3.63, 3.8) is 0 Å². The zero-order valence-corrected chi connectivity index (χ0v) is 16.7. The summed E-state index contributed by atoms with van der Waals surface area (Å²) >= 11 is 0. The van der Waals surface area contributed by atoms with Gasteiger partial charge in [0.2, 0.25) is 0 Å². The number of carbonyl (C=O) groups excluding carboxylic acids is 2. The van der Waals surface area contributed by atoms with E-state index < -0.39 is 5.97 Å². The van der Waals surface area contributed by atoms with E-state index >= 15 is 0 Å². The molecule has 1 atom stereocenters. The molecule has 1 aromatic carbocycles. The monoisotopic (exact) mass is 371 g/mol. The summed E-state index contributed by atoms with van der Waals surface area (Å²) in [6.07, 6.45) is 0. The van der Waals surface area contributed by atoms with Gasteiger partial charge in [-0.15, -0.1) is 0 Å². The average Bonchev–Trinajstić information content (AvgIpc) is 2.93. The average molecular weight is 371 g/mol. The van der Waals surface area contributed by atoms with Crippen molar-refractivity contribution in [2.24, 2.45) is 5.92 Å². The van der Waals surface area contributed by atoms with E-state index in [1.54, 1.807) is 20.8 Å². The van der Waals surface area contributed by atoms with Crippen LogP contribution in [0.15, 0.2) is 30.3 Å². The highest BCUT2D eigenvalue weighted by atomic mass is 16.5. The van der Waals surface area contributed by atoms with E-state index in [4.69, 9.17) is 4.74 Å². The number of H-pyrrole nitrogens is 1. The molecule has 0 radical (unpaired) electrons. The maximum atomic E-state index is 12.7. The van der Waals surface area contributed by atoms with Crippen molar-refractivity contribution in [3.8, 4) is 0 Å². The number of benzene rings is 1. The van der Waals surface area contributed by atoms with E-state index in [0.717, 1.165) is 5.69 Å². The molecule has 27 heavy (non-hydrogen) atoms. The first-order chi connectivity index (χ1) is 12.8. The summed E-state index contributed by atoms with van der Waals surface area (Å²) in [7, 11) is 0. The van der Waals surface area contributed by atoms with Gasteiger partial charge in [0.15, 0.2) is 0 Å². The van der Waals surface area contributed by atoms with Crippen LogP contribution in [0.2, 0.25) is 0 Å². The zero-order valence-electron chi connectivity index (χ0n) is 16.7. The molecule has 1 amide bonds. The zero-order chi connectivity index (χ0) is 20.0. The lowest BCUT2D eigenvalue weighted by atomic mass is 10.0. The molecule has 1 unspecified atom stereocenters. The van der Waals surface area contributed by atoms with E-state index in [1.165, 1.54) is 0 Å². The Hall–Kier alpha value is -2.76. The third-order valence-corrected chi connectivity index (χ3v) is 4.56. The Labute approximate surface area is 160 Å². The molecule has 3 N–H and O–H groups in total. The fourth-order valence-corrected chi connectivity index (χ4v) is 2.98. The number of ether oxygens (including phenoxy) is 1. The van der Waals surface area contributed by atoms with Crippen molar-refractivity contribution in [3.05, 3.63) is 52.8 Å². The second-order valence-electron chi connectivity index (χ2n) is 6.92. The molecule has 0 fully saturated rings. The molecule has 146 valence electrons. The fourth-order valence-electron chi connectivity index (χ4n) is 2.98. The number of aromatic amines is 1. The first-order valence-electron chi connectivity index (χ1n) is 9.31. The summed E-state index contributed by atoms with van der Waals surface area (Å²) in [6, 6.07) is 10.00. The third-order valence-electron chi connectivity index (χ3n) is 4.56. The van der Waals surface area contributed by atoms with Gasteiger partial charge in [0.25, 0.3) is 5.91 Å². The standard InChI is InChI=1S/C21H29N3O3/c1-6-27-21(26)18-14(4)19(23-15(18)5)20(25)22-12-17(13(2)3)24-16-10-8-7-9-11-16/h7-11,13,17,23-24H,6,12H2,1-5H3,(H,22,25). The molecule has 0 bridgehead atoms. The Morgan fingerprint density at radius 3 is 2.41 bits per heavy atom. The molecular weight excluding hydrogens is 342 g/mol. The first kappa shape index (κ1) is 20.6. The van der Waals surface area contributed by atoms with Crippen molar-refractivity contribution in [1.82, 2.24) is 10.3 Å². The topological polar surface area (TPSA) is 83.2 Å². The lowest BCUT2D eigenvalue weighted by molar-refractivity contribution is 0.0525. The minimum atomic E-state index is -0.409. The molecule has 0 aliphatic rings. The quantitative estimate of drug-likeness (QED) is 0.618. The number of anilines is 1. The van der Waals surface area contributed by atoms with Gasteiger partial charge in [-0.1, -0.05) is 32.0 Å². The number of carbonyl (C=O) groups is 2. The van der Waals surface area contributed by atoms with Gasteiger partial charge in [-0.25, -0.2) is 4.79 Å². The van der Waals surface area contributed by atoms with Crippen LogP contribution in [0.3, 0.4) is 0 Å². The van der Waals surface area contributed by atoms with E-state index in [1.807, 2.05) is 30.3 Å². The van der Waals surface area contributed by atoms with Crippen LogP contribution in [0.5, 0.6) is 0 Å². The largest absolute Gasteiger partial charge is 0.462 e. The van der Waals surface area contributed by atoms with Crippen LogP contribution in [0.25, 0.3) is 0 Å². The molecule has 6 heteroatoms. The molecule has 1 aromatic heterocycles. The van der Waals surface area contributed by atoms with Crippen LogP contribution in [0, 0.1) is 19.8 Å². The van der Waals surface area contributed by atoms with Gasteiger partial charge in [-0.3, -0.25) is 4.79 Å². The minimum absolute atomic E-state index is 0.0808. The molecule has 1 heterocycles. The Balaban J connectivity index is 2.07. The SMILES string of the molecule is CCOC(=O)c1c(C)[nH]c(C(=O)NCC(Nc2ccccc2)C(C)C)c1C. The molecule has 0 saturated heterocycles. The van der Waals surface area contributed by atoms with Crippen LogP contribution in [0.1, 0.15) is 52.9 Å². The van der Waals surface area contributed by atoms with Crippen LogP contribution >= 0.6 is 0 Å². The highest BCUT2D eigenvalue weighted by Crippen LogP contribution is 2.19. The molecule has 0 aliphatic carbocycles. The number of esters is 1. The second-order valence-corrected chi connectivity index (χ2v) is 6.92. The van der Waals surface area contributed by atoms with Crippen LogP contribution in [0.4, 0.5) is 5.69 Å². The van der Waals surface area contributed by atoms with Gasteiger partial charge in [0.05, 0.1) is 12.2 Å². The molecule has 0 spiro atoms. The number of hydrogen-bond donors (Lipinski definition) is 3. The summed E-state index contributed by atoms with van der Waals surface area (Å²) in [5.41, 5.74) is 3.10. The lowest BCUT2D eigenvalue weighted by Gasteiger charge is -2.24. The summed E-state index contributed by atoms with van der Waals surface area (Å²) in [4.78, 5) is 27.8. The Bertz CT molecular complexity index is 781. The Morgan fingerprint density at radius 1 is 1.15 bits per heavy atom. The van der Waals surface area contributed by atoms with Crippen LogP contribution < -0.4 is 10.6 Å². The third kappa shape index (κ3) is 5.12. The maximum Gasteiger partial charge on any atom is 0.340 e. The molecule has 0 saturated carbocycles. The molecule has 2 rings (SSSR count). The van der Waals surface area contributed by atoms with Crippen molar-refractivity contribution >= 4 is 17.6 Å².